The van der Waals surface area contributed by atoms with Gasteiger partial charge in [-0.2, -0.15) is 10.00 Å². The summed E-state index contributed by atoms with van der Waals surface area (Å²) in [7, 11) is 1.88. The number of aryl methyl sites for hydroxylation is 1. The van der Waals surface area contributed by atoms with Gasteiger partial charge in [0.1, 0.15) is 5.54 Å². The molecule has 6 aromatic rings. The number of hydroxylamine groups is 1. The van der Waals surface area contributed by atoms with Crippen LogP contribution in [0.1, 0.15) is 16.8 Å². The van der Waals surface area contributed by atoms with E-state index in [2.05, 4.69) is 26.0 Å². The van der Waals surface area contributed by atoms with E-state index in [-0.39, 0.29) is 0 Å². The number of hydrogen-bond donors (Lipinski definition) is 2. The molecule has 0 spiro atoms. The van der Waals surface area contributed by atoms with Gasteiger partial charge in [0.25, 0.3) is 0 Å². The minimum atomic E-state index is -1.15. The number of halogens is 2. The van der Waals surface area contributed by atoms with Crippen LogP contribution in [0.5, 0.6) is 0 Å². The predicted octanol–water partition coefficient (Wildman–Crippen LogP) is 5.26. The van der Waals surface area contributed by atoms with Crippen LogP contribution < -0.4 is 5.48 Å². The minimum absolute atomic E-state index is 0.596. The highest BCUT2D eigenvalue weighted by Crippen LogP contribution is 2.40. The number of tetrazole rings is 1. The zero-order valence-corrected chi connectivity index (χ0v) is 20.5. The van der Waals surface area contributed by atoms with Gasteiger partial charge in [0.05, 0.1) is 23.7 Å². The number of imidazole rings is 1. The van der Waals surface area contributed by atoms with Crippen LogP contribution in [0.3, 0.4) is 0 Å². The minimum Gasteiger partial charge on any atom is -0.335 e. The summed E-state index contributed by atoms with van der Waals surface area (Å²) >= 11 is 12.5. The lowest BCUT2D eigenvalue weighted by Crippen LogP contribution is -2.44. The molecule has 0 aliphatic rings. The quantitative estimate of drug-likeness (QED) is 0.304. The van der Waals surface area contributed by atoms with E-state index >= 15 is 0 Å². The molecule has 0 amide bonds. The van der Waals surface area contributed by atoms with Crippen molar-refractivity contribution in [1.82, 2.24) is 35.1 Å². The van der Waals surface area contributed by atoms with Gasteiger partial charge in [-0.05, 0) is 75.1 Å². The Morgan fingerprint density at radius 3 is 2.44 bits per heavy atom. The summed E-state index contributed by atoms with van der Waals surface area (Å²) < 4.78 is 3.55. The summed E-state index contributed by atoms with van der Waals surface area (Å²) in [6.07, 6.45) is 3.42. The SMILES string of the molecule is Cn1cncc1C(NO)(c1ccc(Cl)cc1)c1ccc2c(c1)c(-c1cccc(Cl)c1)cc1nnnn12. The lowest BCUT2D eigenvalue weighted by molar-refractivity contribution is 0.0995. The fourth-order valence-electron chi connectivity index (χ4n) is 4.79. The van der Waals surface area contributed by atoms with E-state index < -0.39 is 5.54 Å². The highest BCUT2D eigenvalue weighted by molar-refractivity contribution is 6.31. The van der Waals surface area contributed by atoms with Crippen LogP contribution in [0.4, 0.5) is 0 Å². The number of aromatic nitrogens is 6. The van der Waals surface area contributed by atoms with Crippen molar-refractivity contribution < 1.29 is 5.21 Å². The summed E-state index contributed by atoms with van der Waals surface area (Å²) in [5, 5.41) is 25.1. The molecule has 3 aromatic heterocycles. The summed E-state index contributed by atoms with van der Waals surface area (Å²) in [5.74, 6) is 0. The Bertz CT molecular complexity index is 1730. The van der Waals surface area contributed by atoms with Crippen LogP contribution in [0, 0.1) is 0 Å². The van der Waals surface area contributed by atoms with Crippen LogP contribution in [0.15, 0.2) is 85.3 Å². The molecule has 3 heterocycles. The van der Waals surface area contributed by atoms with Gasteiger partial charge in [0, 0.05) is 22.5 Å². The van der Waals surface area contributed by atoms with E-state index in [0.29, 0.717) is 15.7 Å². The molecule has 0 fully saturated rings. The van der Waals surface area contributed by atoms with Gasteiger partial charge >= 0.3 is 0 Å². The molecule has 10 heteroatoms. The van der Waals surface area contributed by atoms with Crippen molar-refractivity contribution in [2.75, 3.05) is 0 Å². The van der Waals surface area contributed by atoms with Gasteiger partial charge in [0.15, 0.2) is 5.65 Å². The molecule has 0 radical (unpaired) electrons. The van der Waals surface area contributed by atoms with E-state index in [4.69, 9.17) is 23.2 Å². The molecule has 1 unspecified atom stereocenters. The number of pyridine rings is 1. The highest BCUT2D eigenvalue weighted by atomic mass is 35.5. The molecule has 0 saturated carbocycles. The van der Waals surface area contributed by atoms with Crippen LogP contribution in [-0.4, -0.2) is 34.8 Å². The Hall–Kier alpha value is -3.82. The fraction of sp³-hybridized carbons (Fsp3) is 0.0769. The van der Waals surface area contributed by atoms with Crippen LogP contribution in [0.25, 0.3) is 27.7 Å². The van der Waals surface area contributed by atoms with Gasteiger partial charge in [-0.15, -0.1) is 5.10 Å². The normalized spacial score (nSPS) is 13.3. The van der Waals surface area contributed by atoms with Crippen molar-refractivity contribution in [2.45, 2.75) is 5.54 Å². The maximum Gasteiger partial charge on any atom is 0.180 e. The zero-order chi connectivity index (χ0) is 24.9. The largest absolute Gasteiger partial charge is 0.335 e. The van der Waals surface area contributed by atoms with Crippen LogP contribution in [-0.2, 0) is 12.6 Å². The molecule has 0 bridgehead atoms. The maximum absolute atomic E-state index is 10.8. The molecule has 2 N–H and O–H groups in total. The molecule has 1 atom stereocenters. The summed E-state index contributed by atoms with van der Waals surface area (Å²) in [6, 6.07) is 22.8. The van der Waals surface area contributed by atoms with Gasteiger partial charge in [0.2, 0.25) is 0 Å². The van der Waals surface area contributed by atoms with Gasteiger partial charge < -0.3 is 9.77 Å². The summed E-state index contributed by atoms with van der Waals surface area (Å²) in [4.78, 5) is 4.32. The predicted molar refractivity (Wildman–Crippen MR) is 138 cm³/mol. The number of nitrogens with one attached hydrogen (secondary N) is 1. The first kappa shape index (κ1) is 22.6. The second-order valence-corrected chi connectivity index (χ2v) is 9.38. The van der Waals surface area contributed by atoms with E-state index in [1.165, 1.54) is 0 Å². The maximum atomic E-state index is 10.8. The molecule has 178 valence electrons. The van der Waals surface area contributed by atoms with Crippen LogP contribution >= 0.6 is 23.2 Å². The molecule has 36 heavy (non-hydrogen) atoms. The molecule has 0 aliphatic carbocycles. The van der Waals surface area contributed by atoms with Gasteiger partial charge in [-0.1, -0.05) is 53.5 Å². The van der Waals surface area contributed by atoms with Crippen molar-refractivity contribution in [3.8, 4) is 11.1 Å². The smallest absolute Gasteiger partial charge is 0.180 e. The van der Waals surface area contributed by atoms with Crippen molar-refractivity contribution in [3.05, 3.63) is 112 Å². The fourth-order valence-corrected chi connectivity index (χ4v) is 5.11. The lowest BCUT2D eigenvalue weighted by Gasteiger charge is -2.34. The Balaban J connectivity index is 1.70. The average molecular weight is 516 g/mol. The summed E-state index contributed by atoms with van der Waals surface area (Å²) in [6.45, 7) is 0. The van der Waals surface area contributed by atoms with E-state index in [9.17, 15) is 5.21 Å². The van der Waals surface area contributed by atoms with Crippen LogP contribution in [0.2, 0.25) is 10.0 Å². The monoisotopic (exact) mass is 515 g/mol. The molecular formula is C26H19Cl2N7O. The first-order valence-corrected chi connectivity index (χ1v) is 11.8. The topological polar surface area (TPSA) is 93.2 Å². The van der Waals surface area contributed by atoms with E-state index in [1.807, 2.05) is 72.3 Å². The van der Waals surface area contributed by atoms with Crippen molar-refractivity contribution in [1.29, 1.82) is 0 Å². The molecule has 8 nitrogen and oxygen atoms in total. The number of fused-ring (bicyclic) bond motifs is 3. The lowest BCUT2D eigenvalue weighted by atomic mass is 9.80. The summed E-state index contributed by atoms with van der Waals surface area (Å²) in [5.41, 5.74) is 7.00. The Labute approximate surface area is 215 Å². The van der Waals surface area contributed by atoms with Gasteiger partial charge in [-0.25, -0.2) is 4.98 Å². The number of rotatable bonds is 5. The standard InChI is InChI=1S/C26H19Cl2N7O/c1-34-15-29-14-24(34)26(31-36,17-5-8-19(27)9-6-17)18-7-10-23-22(12-18)21(13-25-30-32-33-35(23)25)16-3-2-4-20(28)11-16/h2-15,31,36H,1H3. The third-order valence-electron chi connectivity index (χ3n) is 6.50. The van der Waals surface area contributed by atoms with E-state index in [1.54, 1.807) is 29.2 Å². The second-order valence-electron chi connectivity index (χ2n) is 8.51. The second kappa shape index (κ2) is 8.69. The Kier molecular flexibility index (Phi) is 5.46. The molecule has 0 saturated heterocycles. The Morgan fingerprint density at radius 1 is 0.917 bits per heavy atom. The third kappa shape index (κ3) is 3.46. The average Bonchev–Trinajstić information content (AvgIpc) is 3.55. The molecular weight excluding hydrogens is 497 g/mol. The third-order valence-corrected chi connectivity index (χ3v) is 6.98. The number of hydrogen-bond acceptors (Lipinski definition) is 6. The van der Waals surface area contributed by atoms with Crippen molar-refractivity contribution >= 4 is 39.8 Å². The molecule has 6 rings (SSSR count). The van der Waals surface area contributed by atoms with Crippen molar-refractivity contribution in [3.63, 3.8) is 0 Å². The first-order chi connectivity index (χ1) is 17.5. The zero-order valence-electron chi connectivity index (χ0n) is 19.0. The number of nitrogens with zero attached hydrogens (tertiary/aromatic N) is 6. The Morgan fingerprint density at radius 2 is 1.72 bits per heavy atom. The highest BCUT2D eigenvalue weighted by Gasteiger charge is 2.39. The molecule has 0 aliphatic heterocycles. The molecule has 3 aromatic carbocycles. The van der Waals surface area contributed by atoms with Gasteiger partial charge in [-0.3, -0.25) is 0 Å². The first-order valence-electron chi connectivity index (χ1n) is 11.1. The number of benzene rings is 3. The van der Waals surface area contributed by atoms with Crippen molar-refractivity contribution in [2.24, 2.45) is 7.05 Å². The van der Waals surface area contributed by atoms with E-state index in [0.717, 1.165) is 38.9 Å².